The Bertz CT molecular complexity index is 349. The van der Waals surface area contributed by atoms with E-state index >= 15 is 0 Å². The average Bonchev–Trinajstić information content (AvgIpc) is 2.30. The molecule has 0 saturated heterocycles. The first-order valence-corrected chi connectivity index (χ1v) is 7.43. The second kappa shape index (κ2) is 7.07. The van der Waals surface area contributed by atoms with Crippen LogP contribution in [0.2, 0.25) is 0 Å². The van der Waals surface area contributed by atoms with Crippen molar-refractivity contribution in [1.29, 1.82) is 0 Å². The minimum atomic E-state index is 0.603. The Balaban J connectivity index is 2.66. The average molecular weight is 251 g/mol. The fourth-order valence-corrected chi connectivity index (χ4v) is 3.26. The maximum atomic E-state index is 3.56. The van der Waals surface area contributed by atoms with E-state index < -0.39 is 0 Å². The number of thioether (sulfide) groups is 1. The van der Waals surface area contributed by atoms with Crippen LogP contribution in [-0.4, -0.2) is 17.8 Å². The molecule has 0 bridgehead atoms. The number of aryl methyl sites for hydroxylation is 2. The summed E-state index contributed by atoms with van der Waals surface area (Å²) >= 11 is 1.98. The summed E-state index contributed by atoms with van der Waals surface area (Å²) in [5.74, 6) is 0. The molecule has 1 rings (SSSR count). The summed E-state index contributed by atoms with van der Waals surface area (Å²) in [6.45, 7) is 12.2. The number of hydrogen-bond donors (Lipinski definition) is 1. The quantitative estimate of drug-likeness (QED) is 0.762. The van der Waals surface area contributed by atoms with E-state index in [1.54, 1.807) is 0 Å². The molecule has 0 heterocycles. The van der Waals surface area contributed by atoms with Crippen LogP contribution in [0.4, 0.5) is 0 Å². The van der Waals surface area contributed by atoms with Gasteiger partial charge in [0.1, 0.15) is 0 Å². The molecule has 1 nitrogen and oxygen atoms in total. The van der Waals surface area contributed by atoms with Crippen LogP contribution < -0.4 is 5.32 Å². The van der Waals surface area contributed by atoms with E-state index in [1.807, 2.05) is 11.8 Å². The van der Waals surface area contributed by atoms with Crippen molar-refractivity contribution in [1.82, 2.24) is 5.32 Å². The molecule has 0 aromatic heterocycles. The summed E-state index contributed by atoms with van der Waals surface area (Å²) in [7, 11) is 0. The van der Waals surface area contributed by atoms with Gasteiger partial charge in [-0.1, -0.05) is 26.8 Å². The minimum Gasteiger partial charge on any atom is -0.313 e. The van der Waals surface area contributed by atoms with Gasteiger partial charge in [-0.15, -0.1) is 11.8 Å². The Morgan fingerprint density at radius 3 is 2.41 bits per heavy atom. The van der Waals surface area contributed by atoms with Crippen LogP contribution in [0.3, 0.4) is 0 Å². The molecule has 1 aromatic rings. The summed E-state index contributed by atoms with van der Waals surface area (Å²) < 4.78 is 0. The minimum absolute atomic E-state index is 0.603. The second-order valence-electron chi connectivity index (χ2n) is 4.64. The topological polar surface area (TPSA) is 12.0 Å². The van der Waals surface area contributed by atoms with Crippen molar-refractivity contribution in [3.63, 3.8) is 0 Å². The summed E-state index contributed by atoms with van der Waals surface area (Å²) in [5.41, 5.74) is 2.76. The maximum Gasteiger partial charge on any atom is 0.0220 e. The summed E-state index contributed by atoms with van der Waals surface area (Å²) in [5, 5.41) is 4.17. The fraction of sp³-hybridized carbons (Fsp3) is 0.600. The smallest absolute Gasteiger partial charge is 0.0220 e. The van der Waals surface area contributed by atoms with Gasteiger partial charge in [-0.2, -0.15) is 0 Å². The van der Waals surface area contributed by atoms with E-state index in [4.69, 9.17) is 0 Å². The zero-order chi connectivity index (χ0) is 12.8. The monoisotopic (exact) mass is 251 g/mol. The van der Waals surface area contributed by atoms with Crippen molar-refractivity contribution in [2.24, 2.45) is 0 Å². The van der Waals surface area contributed by atoms with Gasteiger partial charge >= 0.3 is 0 Å². The molecular formula is C15H25NS. The predicted octanol–water partition coefficient (Wildman–Crippen LogP) is 4.17. The fourth-order valence-electron chi connectivity index (χ4n) is 1.99. The van der Waals surface area contributed by atoms with E-state index in [-0.39, 0.29) is 0 Å². The number of rotatable bonds is 6. The summed E-state index contributed by atoms with van der Waals surface area (Å²) in [6.07, 6.45) is 1.19. The van der Waals surface area contributed by atoms with Crippen molar-refractivity contribution in [2.45, 2.75) is 57.2 Å². The molecule has 0 aliphatic carbocycles. The Labute approximate surface area is 110 Å². The van der Waals surface area contributed by atoms with Crippen molar-refractivity contribution < 1.29 is 0 Å². The van der Waals surface area contributed by atoms with E-state index in [9.17, 15) is 0 Å². The number of hydrogen-bond acceptors (Lipinski definition) is 2. The van der Waals surface area contributed by atoms with E-state index in [0.717, 1.165) is 6.54 Å². The zero-order valence-corrected chi connectivity index (χ0v) is 12.5. The van der Waals surface area contributed by atoms with Gasteiger partial charge < -0.3 is 5.32 Å². The van der Waals surface area contributed by atoms with Crippen LogP contribution in [0, 0.1) is 13.8 Å². The molecular weight excluding hydrogens is 226 g/mol. The highest BCUT2D eigenvalue weighted by molar-refractivity contribution is 8.00. The molecule has 1 aromatic carbocycles. The molecule has 0 aliphatic heterocycles. The molecule has 0 fully saturated rings. The van der Waals surface area contributed by atoms with Crippen LogP contribution >= 0.6 is 11.8 Å². The molecule has 0 aliphatic rings. The highest BCUT2D eigenvalue weighted by atomic mass is 32.2. The molecule has 1 N–H and O–H groups in total. The molecule has 17 heavy (non-hydrogen) atoms. The highest BCUT2D eigenvalue weighted by Crippen LogP contribution is 2.27. The van der Waals surface area contributed by atoms with Crippen molar-refractivity contribution in [3.05, 3.63) is 29.3 Å². The Morgan fingerprint density at radius 2 is 1.88 bits per heavy atom. The van der Waals surface area contributed by atoms with Gasteiger partial charge in [-0.05, 0) is 50.1 Å². The van der Waals surface area contributed by atoms with E-state index in [2.05, 4.69) is 58.1 Å². The van der Waals surface area contributed by atoms with Crippen LogP contribution in [0.5, 0.6) is 0 Å². The van der Waals surface area contributed by atoms with Crippen LogP contribution in [-0.2, 0) is 0 Å². The molecule has 0 amide bonds. The lowest BCUT2D eigenvalue weighted by Gasteiger charge is -2.23. The first kappa shape index (κ1) is 14.6. The molecule has 0 spiro atoms. The standard InChI is InChI=1S/C15H25NS/c1-6-15(16-7-2)13(5)17-14-9-8-11(3)12(4)10-14/h8-10,13,15-16H,6-7H2,1-5H3. The van der Waals surface area contributed by atoms with Gasteiger partial charge in [0.25, 0.3) is 0 Å². The van der Waals surface area contributed by atoms with Crippen molar-refractivity contribution >= 4 is 11.8 Å². The Kier molecular flexibility index (Phi) is 6.07. The number of nitrogens with one attached hydrogen (secondary N) is 1. The third kappa shape index (κ3) is 4.36. The third-order valence-electron chi connectivity index (χ3n) is 3.27. The first-order valence-electron chi connectivity index (χ1n) is 6.55. The van der Waals surface area contributed by atoms with Crippen LogP contribution in [0.15, 0.2) is 23.1 Å². The van der Waals surface area contributed by atoms with E-state index in [1.165, 1.54) is 22.4 Å². The SMILES string of the molecule is CCNC(CC)C(C)Sc1ccc(C)c(C)c1. The lowest BCUT2D eigenvalue weighted by atomic mass is 10.1. The summed E-state index contributed by atoms with van der Waals surface area (Å²) in [6, 6.07) is 7.36. The Hall–Kier alpha value is -0.470. The van der Waals surface area contributed by atoms with Gasteiger partial charge in [-0.3, -0.25) is 0 Å². The maximum absolute atomic E-state index is 3.56. The normalized spacial score (nSPS) is 14.6. The highest BCUT2D eigenvalue weighted by Gasteiger charge is 2.15. The van der Waals surface area contributed by atoms with Crippen molar-refractivity contribution in [2.75, 3.05) is 6.54 Å². The van der Waals surface area contributed by atoms with E-state index in [0.29, 0.717) is 11.3 Å². The zero-order valence-electron chi connectivity index (χ0n) is 11.7. The van der Waals surface area contributed by atoms with Crippen LogP contribution in [0.1, 0.15) is 38.3 Å². The molecule has 2 heteroatoms. The predicted molar refractivity (Wildman–Crippen MR) is 79.0 cm³/mol. The lowest BCUT2D eigenvalue weighted by molar-refractivity contribution is 0.509. The number of benzene rings is 1. The molecule has 0 saturated carbocycles. The lowest BCUT2D eigenvalue weighted by Crippen LogP contribution is -2.35. The first-order chi connectivity index (χ1) is 8.08. The Morgan fingerprint density at radius 1 is 1.18 bits per heavy atom. The van der Waals surface area contributed by atoms with Gasteiger partial charge in [0.05, 0.1) is 0 Å². The molecule has 2 atom stereocenters. The molecule has 2 unspecified atom stereocenters. The van der Waals surface area contributed by atoms with Gasteiger partial charge in [-0.25, -0.2) is 0 Å². The molecule has 96 valence electrons. The van der Waals surface area contributed by atoms with Gasteiger partial charge in [0.15, 0.2) is 0 Å². The third-order valence-corrected chi connectivity index (χ3v) is 4.50. The largest absolute Gasteiger partial charge is 0.313 e. The van der Waals surface area contributed by atoms with Crippen LogP contribution in [0.25, 0.3) is 0 Å². The summed E-state index contributed by atoms with van der Waals surface area (Å²) in [4.78, 5) is 1.39. The van der Waals surface area contributed by atoms with Crippen molar-refractivity contribution in [3.8, 4) is 0 Å². The van der Waals surface area contributed by atoms with Gasteiger partial charge in [0, 0.05) is 16.2 Å². The second-order valence-corrected chi connectivity index (χ2v) is 6.09. The van der Waals surface area contributed by atoms with Gasteiger partial charge in [0.2, 0.25) is 0 Å². The molecule has 0 radical (unpaired) electrons.